The summed E-state index contributed by atoms with van der Waals surface area (Å²) in [5.74, 6) is 0. The molecule has 0 radical (unpaired) electrons. The lowest BCUT2D eigenvalue weighted by Gasteiger charge is -2.18. The maximum absolute atomic E-state index is 12.0. The first-order valence-electron chi connectivity index (χ1n) is 5.21. The standard InChI is InChI=1S/C11H15Br2NO2S/c1-3-11(12,13)8-14-17(15,16)10-6-4-9(2)5-7-10/h4-7,14H,3,8H2,1-2H3. The molecular formula is C11H15Br2NO2S. The van der Waals surface area contributed by atoms with Crippen LogP contribution in [0.5, 0.6) is 0 Å². The van der Waals surface area contributed by atoms with Gasteiger partial charge in [-0.05, 0) is 25.5 Å². The van der Waals surface area contributed by atoms with Crippen molar-refractivity contribution in [2.45, 2.75) is 28.4 Å². The molecule has 0 atom stereocenters. The minimum Gasteiger partial charge on any atom is -0.209 e. The van der Waals surface area contributed by atoms with Crippen LogP contribution in [-0.2, 0) is 10.0 Å². The molecular weight excluding hydrogens is 370 g/mol. The lowest BCUT2D eigenvalue weighted by Crippen LogP contribution is -2.34. The van der Waals surface area contributed by atoms with E-state index in [1.165, 1.54) is 0 Å². The van der Waals surface area contributed by atoms with Crippen molar-refractivity contribution in [1.29, 1.82) is 0 Å². The van der Waals surface area contributed by atoms with Gasteiger partial charge < -0.3 is 0 Å². The zero-order valence-corrected chi connectivity index (χ0v) is 13.7. The number of halogens is 2. The van der Waals surface area contributed by atoms with Gasteiger partial charge >= 0.3 is 0 Å². The van der Waals surface area contributed by atoms with Crippen LogP contribution in [-0.4, -0.2) is 18.2 Å². The molecule has 1 aromatic rings. The molecule has 96 valence electrons. The van der Waals surface area contributed by atoms with Crippen molar-refractivity contribution in [1.82, 2.24) is 4.72 Å². The summed E-state index contributed by atoms with van der Waals surface area (Å²) in [4.78, 5) is 0.287. The second-order valence-corrected chi connectivity index (χ2v) is 9.71. The molecule has 0 unspecified atom stereocenters. The molecule has 0 bridgehead atoms. The van der Waals surface area contributed by atoms with Crippen LogP contribution in [0.25, 0.3) is 0 Å². The Morgan fingerprint density at radius 3 is 2.24 bits per heavy atom. The summed E-state index contributed by atoms with van der Waals surface area (Å²) >= 11 is 6.82. The van der Waals surface area contributed by atoms with Crippen molar-refractivity contribution in [2.24, 2.45) is 0 Å². The van der Waals surface area contributed by atoms with Gasteiger partial charge in [-0.15, -0.1) is 0 Å². The van der Waals surface area contributed by atoms with Gasteiger partial charge in [-0.3, -0.25) is 0 Å². The first-order valence-corrected chi connectivity index (χ1v) is 8.28. The minimum atomic E-state index is -3.43. The van der Waals surface area contributed by atoms with Crippen LogP contribution in [0.3, 0.4) is 0 Å². The number of nitrogens with one attached hydrogen (secondary N) is 1. The van der Waals surface area contributed by atoms with Gasteiger partial charge in [0.25, 0.3) is 0 Å². The smallest absolute Gasteiger partial charge is 0.209 e. The predicted octanol–water partition coefficient (Wildman–Crippen LogP) is 3.17. The Morgan fingerprint density at radius 2 is 1.76 bits per heavy atom. The quantitative estimate of drug-likeness (QED) is 0.792. The maximum atomic E-state index is 12.0. The molecule has 0 aliphatic carbocycles. The number of alkyl halides is 2. The molecule has 0 fully saturated rings. The van der Waals surface area contributed by atoms with E-state index in [4.69, 9.17) is 0 Å². The Kier molecular flexibility index (Phi) is 5.19. The van der Waals surface area contributed by atoms with Crippen LogP contribution < -0.4 is 4.72 Å². The van der Waals surface area contributed by atoms with E-state index in [-0.39, 0.29) is 4.90 Å². The Bertz CT molecular complexity index is 469. The Balaban J connectivity index is 2.79. The lowest BCUT2D eigenvalue weighted by atomic mass is 10.2. The van der Waals surface area contributed by atoms with Crippen molar-refractivity contribution >= 4 is 41.9 Å². The molecule has 0 spiro atoms. The average Bonchev–Trinajstić information content (AvgIpc) is 2.27. The first-order chi connectivity index (χ1) is 7.77. The molecule has 0 aliphatic rings. The van der Waals surface area contributed by atoms with Crippen LogP contribution in [0.2, 0.25) is 0 Å². The van der Waals surface area contributed by atoms with E-state index in [0.717, 1.165) is 12.0 Å². The molecule has 6 heteroatoms. The SMILES string of the molecule is CCC(Br)(Br)CNS(=O)(=O)c1ccc(C)cc1. The second kappa shape index (κ2) is 5.82. The summed E-state index contributed by atoms with van der Waals surface area (Å²) in [5, 5.41) is 0. The van der Waals surface area contributed by atoms with Crippen LogP contribution in [0, 0.1) is 6.92 Å². The zero-order valence-electron chi connectivity index (χ0n) is 9.70. The van der Waals surface area contributed by atoms with Crippen LogP contribution in [0.15, 0.2) is 29.2 Å². The molecule has 1 aromatic carbocycles. The van der Waals surface area contributed by atoms with E-state index in [1.54, 1.807) is 24.3 Å². The maximum Gasteiger partial charge on any atom is 0.240 e. The van der Waals surface area contributed by atoms with Crippen LogP contribution >= 0.6 is 31.9 Å². The Labute approximate surface area is 119 Å². The second-order valence-electron chi connectivity index (χ2n) is 3.85. The number of aryl methyl sites for hydroxylation is 1. The number of hydrogen-bond donors (Lipinski definition) is 1. The summed E-state index contributed by atoms with van der Waals surface area (Å²) in [6.07, 6.45) is 0.767. The predicted molar refractivity (Wildman–Crippen MR) is 77.2 cm³/mol. The van der Waals surface area contributed by atoms with Crippen molar-refractivity contribution in [2.75, 3.05) is 6.54 Å². The number of rotatable bonds is 5. The average molecular weight is 385 g/mol. The molecule has 0 heterocycles. The molecule has 0 aromatic heterocycles. The highest BCUT2D eigenvalue weighted by Gasteiger charge is 2.23. The van der Waals surface area contributed by atoms with E-state index in [9.17, 15) is 8.42 Å². The molecule has 17 heavy (non-hydrogen) atoms. The molecule has 0 amide bonds. The molecule has 1 rings (SSSR count). The van der Waals surface area contributed by atoms with Gasteiger partial charge in [0.15, 0.2) is 0 Å². The van der Waals surface area contributed by atoms with Gasteiger partial charge in [0, 0.05) is 6.54 Å². The summed E-state index contributed by atoms with van der Waals surface area (Å²) in [7, 11) is -3.43. The normalized spacial score (nSPS) is 12.7. The van der Waals surface area contributed by atoms with E-state index >= 15 is 0 Å². The van der Waals surface area contributed by atoms with Crippen molar-refractivity contribution in [3.05, 3.63) is 29.8 Å². The fourth-order valence-electron chi connectivity index (χ4n) is 1.13. The summed E-state index contributed by atoms with van der Waals surface area (Å²) in [6.45, 7) is 4.17. The molecule has 3 nitrogen and oxygen atoms in total. The largest absolute Gasteiger partial charge is 0.240 e. The Morgan fingerprint density at radius 1 is 1.24 bits per heavy atom. The van der Waals surface area contributed by atoms with Crippen molar-refractivity contribution < 1.29 is 8.42 Å². The van der Waals surface area contributed by atoms with Crippen molar-refractivity contribution in [3.8, 4) is 0 Å². The number of sulfonamides is 1. The molecule has 0 saturated heterocycles. The number of hydrogen-bond acceptors (Lipinski definition) is 2. The van der Waals surface area contributed by atoms with Gasteiger partial charge in [-0.25, -0.2) is 13.1 Å². The van der Waals surface area contributed by atoms with Crippen molar-refractivity contribution in [3.63, 3.8) is 0 Å². The molecule has 1 N–H and O–H groups in total. The highest BCUT2D eigenvalue weighted by atomic mass is 79.9. The van der Waals surface area contributed by atoms with Gasteiger partial charge in [0.1, 0.15) is 0 Å². The fraction of sp³-hybridized carbons (Fsp3) is 0.455. The van der Waals surface area contributed by atoms with Gasteiger partial charge in [0.2, 0.25) is 10.0 Å². The first kappa shape index (κ1) is 15.1. The number of benzene rings is 1. The van der Waals surface area contributed by atoms with E-state index in [2.05, 4.69) is 36.6 Å². The Hall–Kier alpha value is 0.0900. The minimum absolute atomic E-state index is 0.287. The third-order valence-corrected chi connectivity index (χ3v) is 5.47. The van der Waals surface area contributed by atoms with E-state index < -0.39 is 13.3 Å². The third kappa shape index (κ3) is 4.69. The van der Waals surface area contributed by atoms with Crippen LogP contribution in [0.4, 0.5) is 0 Å². The van der Waals surface area contributed by atoms with Gasteiger partial charge in [-0.2, -0.15) is 0 Å². The van der Waals surface area contributed by atoms with E-state index in [0.29, 0.717) is 6.54 Å². The topological polar surface area (TPSA) is 46.2 Å². The highest BCUT2D eigenvalue weighted by molar-refractivity contribution is 9.25. The summed E-state index contributed by atoms with van der Waals surface area (Å²) < 4.78 is 26.1. The monoisotopic (exact) mass is 383 g/mol. The summed E-state index contributed by atoms with van der Waals surface area (Å²) in [5.41, 5.74) is 1.04. The lowest BCUT2D eigenvalue weighted by molar-refractivity contribution is 0.578. The fourth-order valence-corrected chi connectivity index (χ4v) is 2.88. The molecule has 0 saturated carbocycles. The molecule has 0 aliphatic heterocycles. The summed E-state index contributed by atoms with van der Waals surface area (Å²) in [6, 6.07) is 6.77. The van der Waals surface area contributed by atoms with E-state index in [1.807, 2.05) is 13.8 Å². The zero-order chi connectivity index (χ0) is 13.1. The third-order valence-electron chi connectivity index (χ3n) is 2.37. The van der Waals surface area contributed by atoms with Gasteiger partial charge in [-0.1, -0.05) is 56.5 Å². The van der Waals surface area contributed by atoms with Crippen LogP contribution in [0.1, 0.15) is 18.9 Å². The van der Waals surface area contributed by atoms with Gasteiger partial charge in [0.05, 0.1) is 8.13 Å². The highest BCUT2D eigenvalue weighted by Crippen LogP contribution is 2.29.